The molecule has 2 aromatic carbocycles. The van der Waals surface area contributed by atoms with Crippen LogP contribution in [0.25, 0.3) is 11.0 Å². The van der Waals surface area contributed by atoms with Gasteiger partial charge in [-0.1, -0.05) is 29.8 Å². The largest absolute Gasteiger partial charge is 0.487 e. The zero-order chi connectivity index (χ0) is 19.3. The number of amides is 1. The summed E-state index contributed by atoms with van der Waals surface area (Å²) < 4.78 is 11.4. The first-order valence-corrected chi connectivity index (χ1v) is 9.07. The van der Waals surface area contributed by atoms with Crippen LogP contribution >= 0.6 is 0 Å². The van der Waals surface area contributed by atoms with E-state index in [0.717, 1.165) is 28.0 Å². The molecule has 4 rings (SSSR count). The van der Waals surface area contributed by atoms with E-state index in [1.165, 1.54) is 0 Å². The fourth-order valence-corrected chi connectivity index (χ4v) is 2.93. The number of hydrogen-bond acceptors (Lipinski definition) is 4. The second kappa shape index (κ2) is 7.96. The Morgan fingerprint density at radius 3 is 2.86 bits per heavy atom. The van der Waals surface area contributed by atoms with Crippen molar-refractivity contribution in [1.82, 2.24) is 10.3 Å². The average Bonchev–Trinajstić information content (AvgIpc) is 3.15. The zero-order valence-corrected chi connectivity index (χ0v) is 15.5. The molecule has 0 radical (unpaired) electrons. The molecular formula is C23H20N2O3. The number of carbonyl (C=O) groups excluding carboxylic acids is 1. The van der Waals surface area contributed by atoms with Gasteiger partial charge in [-0.25, -0.2) is 0 Å². The number of pyridine rings is 1. The molecule has 0 unspecified atom stereocenters. The number of ether oxygens (including phenoxy) is 1. The van der Waals surface area contributed by atoms with Gasteiger partial charge in [0.25, 0.3) is 5.91 Å². The third-order valence-electron chi connectivity index (χ3n) is 4.36. The van der Waals surface area contributed by atoms with E-state index in [1.54, 1.807) is 12.3 Å². The van der Waals surface area contributed by atoms with Crippen molar-refractivity contribution in [3.63, 3.8) is 0 Å². The molecular weight excluding hydrogens is 352 g/mol. The average molecular weight is 372 g/mol. The highest BCUT2D eigenvalue weighted by Crippen LogP contribution is 2.21. The minimum Gasteiger partial charge on any atom is -0.487 e. The third-order valence-corrected chi connectivity index (χ3v) is 4.36. The van der Waals surface area contributed by atoms with Crippen LogP contribution in [-0.2, 0) is 13.2 Å². The molecule has 0 saturated carbocycles. The lowest BCUT2D eigenvalue weighted by atomic mass is 10.2. The van der Waals surface area contributed by atoms with Gasteiger partial charge in [-0.2, -0.15) is 0 Å². The zero-order valence-electron chi connectivity index (χ0n) is 15.5. The number of furan rings is 1. The summed E-state index contributed by atoms with van der Waals surface area (Å²) >= 11 is 0. The number of nitrogens with zero attached hydrogens (tertiary/aromatic N) is 1. The van der Waals surface area contributed by atoms with Gasteiger partial charge in [0.15, 0.2) is 5.76 Å². The first-order valence-electron chi connectivity index (χ1n) is 9.07. The summed E-state index contributed by atoms with van der Waals surface area (Å²) in [5, 5.41) is 3.82. The van der Waals surface area contributed by atoms with Gasteiger partial charge < -0.3 is 14.5 Å². The van der Waals surface area contributed by atoms with Gasteiger partial charge in [0.2, 0.25) is 0 Å². The van der Waals surface area contributed by atoms with Gasteiger partial charge in [-0.05, 0) is 55.0 Å². The number of nitrogens with one attached hydrogen (secondary N) is 1. The molecule has 0 spiro atoms. The fourth-order valence-electron chi connectivity index (χ4n) is 2.93. The second-order valence-electron chi connectivity index (χ2n) is 6.59. The highest BCUT2D eigenvalue weighted by Gasteiger charge is 2.12. The molecule has 0 aliphatic heterocycles. The quantitative estimate of drug-likeness (QED) is 0.535. The van der Waals surface area contributed by atoms with Crippen LogP contribution in [0.2, 0.25) is 0 Å². The van der Waals surface area contributed by atoms with Crippen LogP contribution in [0.5, 0.6) is 5.75 Å². The van der Waals surface area contributed by atoms with Crippen molar-refractivity contribution < 1.29 is 13.9 Å². The highest BCUT2D eigenvalue weighted by atomic mass is 16.5. The molecule has 0 saturated heterocycles. The van der Waals surface area contributed by atoms with Crippen LogP contribution in [0, 0.1) is 6.92 Å². The number of aromatic nitrogens is 1. The Balaban J connectivity index is 1.38. The van der Waals surface area contributed by atoms with Crippen LogP contribution in [0.1, 0.15) is 27.4 Å². The molecule has 1 N–H and O–H groups in total. The summed E-state index contributed by atoms with van der Waals surface area (Å²) in [5.74, 6) is 0.799. The molecule has 28 heavy (non-hydrogen) atoms. The topological polar surface area (TPSA) is 64.4 Å². The van der Waals surface area contributed by atoms with Gasteiger partial charge >= 0.3 is 0 Å². The summed E-state index contributed by atoms with van der Waals surface area (Å²) in [6, 6.07) is 21.0. The monoisotopic (exact) mass is 372 g/mol. The normalized spacial score (nSPS) is 10.8. The lowest BCUT2D eigenvalue weighted by Gasteiger charge is -2.08. The molecule has 140 valence electrons. The van der Waals surface area contributed by atoms with Crippen molar-refractivity contribution in [1.29, 1.82) is 0 Å². The maximum Gasteiger partial charge on any atom is 0.287 e. The van der Waals surface area contributed by atoms with Crippen LogP contribution in [0.4, 0.5) is 0 Å². The smallest absolute Gasteiger partial charge is 0.287 e. The van der Waals surface area contributed by atoms with E-state index in [0.29, 0.717) is 24.5 Å². The molecule has 1 amide bonds. The van der Waals surface area contributed by atoms with E-state index < -0.39 is 0 Å². The minimum absolute atomic E-state index is 0.242. The molecule has 0 aliphatic carbocycles. The van der Waals surface area contributed by atoms with Gasteiger partial charge in [-0.3, -0.25) is 9.78 Å². The van der Waals surface area contributed by atoms with Crippen LogP contribution in [0.3, 0.4) is 0 Å². The van der Waals surface area contributed by atoms with E-state index >= 15 is 0 Å². The Labute approximate surface area is 163 Å². The first kappa shape index (κ1) is 17.8. The van der Waals surface area contributed by atoms with Crippen LogP contribution < -0.4 is 10.1 Å². The number of benzene rings is 2. The SMILES string of the molecule is Cc1ccc2oc(C(=O)NCc3cccc(OCc4ccccn4)c3)cc2c1. The summed E-state index contributed by atoms with van der Waals surface area (Å²) in [5.41, 5.74) is 3.64. The van der Waals surface area contributed by atoms with Crippen molar-refractivity contribution in [3.05, 3.63) is 95.5 Å². The van der Waals surface area contributed by atoms with E-state index in [2.05, 4.69) is 10.3 Å². The molecule has 4 aromatic rings. The van der Waals surface area contributed by atoms with E-state index in [4.69, 9.17) is 9.15 Å². The molecule has 2 aromatic heterocycles. The summed E-state index contributed by atoms with van der Waals surface area (Å²) in [6.07, 6.45) is 1.74. The number of aryl methyl sites for hydroxylation is 1. The number of carbonyl (C=O) groups is 1. The van der Waals surface area contributed by atoms with Crippen molar-refractivity contribution in [2.24, 2.45) is 0 Å². The molecule has 0 fully saturated rings. The van der Waals surface area contributed by atoms with Crippen LogP contribution in [0.15, 0.2) is 77.3 Å². The molecule has 5 heteroatoms. The summed E-state index contributed by atoms with van der Waals surface area (Å²) in [6.45, 7) is 2.79. The second-order valence-corrected chi connectivity index (χ2v) is 6.59. The lowest BCUT2D eigenvalue weighted by molar-refractivity contribution is 0.0925. The Hall–Kier alpha value is -3.60. The Kier molecular flexibility index (Phi) is 5.06. The van der Waals surface area contributed by atoms with E-state index in [1.807, 2.05) is 67.6 Å². The van der Waals surface area contributed by atoms with Gasteiger partial charge in [-0.15, -0.1) is 0 Å². The van der Waals surface area contributed by atoms with E-state index in [9.17, 15) is 4.79 Å². The minimum atomic E-state index is -0.242. The van der Waals surface area contributed by atoms with Gasteiger partial charge in [0, 0.05) is 18.1 Å². The molecule has 2 heterocycles. The Morgan fingerprint density at radius 1 is 1.07 bits per heavy atom. The van der Waals surface area contributed by atoms with E-state index in [-0.39, 0.29) is 5.91 Å². The number of fused-ring (bicyclic) bond motifs is 1. The maximum absolute atomic E-state index is 12.4. The summed E-state index contributed by atoms with van der Waals surface area (Å²) in [4.78, 5) is 16.7. The number of hydrogen-bond donors (Lipinski definition) is 1. The van der Waals surface area contributed by atoms with Crippen molar-refractivity contribution in [2.45, 2.75) is 20.1 Å². The van der Waals surface area contributed by atoms with Crippen molar-refractivity contribution >= 4 is 16.9 Å². The highest BCUT2D eigenvalue weighted by molar-refractivity contribution is 5.96. The van der Waals surface area contributed by atoms with Crippen molar-refractivity contribution in [2.75, 3.05) is 0 Å². The first-order chi connectivity index (χ1) is 13.7. The standard InChI is InChI=1S/C23H20N2O3/c1-16-8-9-21-18(11-16)13-22(28-21)23(26)25-14-17-5-4-7-20(12-17)27-15-19-6-2-3-10-24-19/h2-13H,14-15H2,1H3,(H,25,26). The maximum atomic E-state index is 12.4. The Morgan fingerprint density at radius 2 is 2.00 bits per heavy atom. The number of rotatable bonds is 6. The predicted molar refractivity (Wildman–Crippen MR) is 107 cm³/mol. The predicted octanol–water partition coefficient (Wildman–Crippen LogP) is 4.65. The third kappa shape index (κ3) is 4.20. The molecule has 0 aliphatic rings. The molecule has 5 nitrogen and oxygen atoms in total. The molecule has 0 atom stereocenters. The van der Waals surface area contributed by atoms with Gasteiger partial charge in [0.05, 0.1) is 5.69 Å². The Bertz CT molecular complexity index is 1100. The summed E-state index contributed by atoms with van der Waals surface area (Å²) in [7, 11) is 0. The lowest BCUT2D eigenvalue weighted by Crippen LogP contribution is -2.22. The molecule has 0 bridgehead atoms. The van der Waals surface area contributed by atoms with Crippen LogP contribution in [-0.4, -0.2) is 10.9 Å². The fraction of sp³-hybridized carbons (Fsp3) is 0.130. The van der Waals surface area contributed by atoms with Crippen molar-refractivity contribution in [3.8, 4) is 5.75 Å². The van der Waals surface area contributed by atoms with Gasteiger partial charge in [0.1, 0.15) is 17.9 Å².